The van der Waals surface area contributed by atoms with Crippen LogP contribution in [0.1, 0.15) is 23.2 Å². The lowest BCUT2D eigenvalue weighted by Crippen LogP contribution is -2.21. The lowest BCUT2D eigenvalue weighted by atomic mass is 10.0. The molecule has 1 aliphatic rings. The van der Waals surface area contributed by atoms with Crippen LogP contribution in [-0.2, 0) is 11.3 Å². The predicted octanol–water partition coefficient (Wildman–Crippen LogP) is 0.590. The van der Waals surface area contributed by atoms with Crippen molar-refractivity contribution in [3.8, 4) is 0 Å². The summed E-state index contributed by atoms with van der Waals surface area (Å²) in [4.78, 5) is 10.8. The molecule has 1 aromatic heterocycles. The molecule has 0 aliphatic carbocycles. The minimum Gasteiger partial charge on any atom is -0.477 e. The first-order valence-electron chi connectivity index (χ1n) is 5.31. The molecule has 0 aromatic carbocycles. The lowest BCUT2D eigenvalue weighted by Gasteiger charge is -2.22. The van der Waals surface area contributed by atoms with Gasteiger partial charge in [0, 0.05) is 19.8 Å². The summed E-state index contributed by atoms with van der Waals surface area (Å²) in [5.74, 6) is -0.327. The lowest BCUT2D eigenvalue weighted by molar-refractivity contribution is 0.0602. The van der Waals surface area contributed by atoms with E-state index in [1.54, 1.807) is 4.68 Å². The van der Waals surface area contributed by atoms with Gasteiger partial charge < -0.3 is 15.6 Å². The standard InChI is InChI=1S/C10H15N3O3/c11-9-8(10(14)15)5-12-13(9)6-7-1-3-16-4-2-7/h5,7H,1-4,6,11H2,(H,14,15). The molecular weight excluding hydrogens is 210 g/mol. The summed E-state index contributed by atoms with van der Waals surface area (Å²) in [5.41, 5.74) is 5.79. The average Bonchev–Trinajstić information content (AvgIpc) is 2.62. The van der Waals surface area contributed by atoms with E-state index in [-0.39, 0.29) is 11.4 Å². The van der Waals surface area contributed by atoms with E-state index in [9.17, 15) is 4.79 Å². The summed E-state index contributed by atoms with van der Waals surface area (Å²) in [6.07, 6.45) is 3.25. The Labute approximate surface area is 93.0 Å². The number of nitrogen functional groups attached to an aromatic ring is 1. The number of carboxylic acids is 1. The summed E-state index contributed by atoms with van der Waals surface area (Å²) in [5, 5.41) is 12.8. The van der Waals surface area contributed by atoms with Crippen LogP contribution in [0.4, 0.5) is 5.82 Å². The third-order valence-electron chi connectivity index (χ3n) is 2.88. The van der Waals surface area contributed by atoms with Gasteiger partial charge in [-0.15, -0.1) is 0 Å². The van der Waals surface area contributed by atoms with Crippen molar-refractivity contribution < 1.29 is 14.6 Å². The monoisotopic (exact) mass is 225 g/mol. The zero-order valence-electron chi connectivity index (χ0n) is 8.93. The molecule has 0 amide bonds. The molecule has 6 heteroatoms. The fraction of sp³-hybridized carbons (Fsp3) is 0.600. The maximum Gasteiger partial charge on any atom is 0.341 e. The molecule has 1 aromatic rings. The molecule has 0 saturated carbocycles. The van der Waals surface area contributed by atoms with E-state index in [1.807, 2.05) is 0 Å². The number of carbonyl (C=O) groups is 1. The zero-order chi connectivity index (χ0) is 11.5. The third kappa shape index (κ3) is 2.16. The molecule has 1 fully saturated rings. The van der Waals surface area contributed by atoms with Gasteiger partial charge in [-0.25, -0.2) is 9.48 Å². The molecule has 88 valence electrons. The van der Waals surface area contributed by atoms with E-state index in [0.717, 1.165) is 26.1 Å². The molecule has 0 unspecified atom stereocenters. The van der Waals surface area contributed by atoms with Crippen LogP contribution in [0.25, 0.3) is 0 Å². The number of nitrogens with zero attached hydrogens (tertiary/aromatic N) is 2. The van der Waals surface area contributed by atoms with Crippen LogP contribution in [0.15, 0.2) is 6.20 Å². The Morgan fingerprint density at radius 1 is 1.62 bits per heavy atom. The van der Waals surface area contributed by atoms with E-state index in [0.29, 0.717) is 12.5 Å². The van der Waals surface area contributed by atoms with Gasteiger partial charge in [0.1, 0.15) is 11.4 Å². The van der Waals surface area contributed by atoms with E-state index < -0.39 is 5.97 Å². The molecule has 1 aliphatic heterocycles. The van der Waals surface area contributed by atoms with Crippen LogP contribution in [0.2, 0.25) is 0 Å². The minimum absolute atomic E-state index is 0.0760. The molecule has 1 saturated heterocycles. The molecular formula is C10H15N3O3. The van der Waals surface area contributed by atoms with Crippen molar-refractivity contribution >= 4 is 11.8 Å². The molecule has 0 bridgehead atoms. The third-order valence-corrected chi connectivity index (χ3v) is 2.88. The topological polar surface area (TPSA) is 90.4 Å². The highest BCUT2D eigenvalue weighted by Gasteiger charge is 2.18. The number of aromatic carboxylic acids is 1. The quantitative estimate of drug-likeness (QED) is 0.785. The van der Waals surface area contributed by atoms with Crippen molar-refractivity contribution in [3.05, 3.63) is 11.8 Å². The summed E-state index contributed by atoms with van der Waals surface area (Å²) in [6.45, 7) is 2.19. The van der Waals surface area contributed by atoms with Gasteiger partial charge in [-0.05, 0) is 18.8 Å². The summed E-state index contributed by atoms with van der Waals surface area (Å²) >= 11 is 0. The normalized spacial score (nSPS) is 17.5. The van der Waals surface area contributed by atoms with Crippen molar-refractivity contribution in [1.29, 1.82) is 0 Å². The Morgan fingerprint density at radius 3 is 2.88 bits per heavy atom. The highest BCUT2D eigenvalue weighted by Crippen LogP contribution is 2.19. The van der Waals surface area contributed by atoms with Gasteiger partial charge in [0.25, 0.3) is 0 Å². The Kier molecular flexibility index (Phi) is 3.09. The van der Waals surface area contributed by atoms with E-state index in [2.05, 4.69) is 5.10 Å². The van der Waals surface area contributed by atoms with Gasteiger partial charge in [0.15, 0.2) is 0 Å². The summed E-state index contributed by atoms with van der Waals surface area (Å²) in [6, 6.07) is 0. The molecule has 0 radical (unpaired) electrons. The second-order valence-electron chi connectivity index (χ2n) is 3.99. The fourth-order valence-electron chi connectivity index (χ4n) is 1.88. The second kappa shape index (κ2) is 4.52. The minimum atomic E-state index is -1.03. The first-order valence-corrected chi connectivity index (χ1v) is 5.31. The predicted molar refractivity (Wildman–Crippen MR) is 57.1 cm³/mol. The maximum atomic E-state index is 10.8. The van der Waals surface area contributed by atoms with Gasteiger partial charge in [0.2, 0.25) is 0 Å². The first-order chi connectivity index (χ1) is 7.68. The smallest absolute Gasteiger partial charge is 0.341 e. The van der Waals surface area contributed by atoms with Crippen molar-refractivity contribution in [1.82, 2.24) is 9.78 Å². The number of anilines is 1. The average molecular weight is 225 g/mol. The Bertz CT molecular complexity index is 383. The molecule has 2 heterocycles. The number of carboxylic acid groups (broad SMARTS) is 1. The number of aromatic nitrogens is 2. The zero-order valence-corrected chi connectivity index (χ0v) is 8.93. The van der Waals surface area contributed by atoms with Gasteiger partial charge in [0.05, 0.1) is 6.20 Å². The largest absolute Gasteiger partial charge is 0.477 e. The number of hydrogen-bond acceptors (Lipinski definition) is 4. The van der Waals surface area contributed by atoms with Crippen LogP contribution in [0, 0.1) is 5.92 Å². The van der Waals surface area contributed by atoms with E-state index in [1.165, 1.54) is 6.20 Å². The molecule has 3 N–H and O–H groups in total. The van der Waals surface area contributed by atoms with Crippen LogP contribution in [0.3, 0.4) is 0 Å². The summed E-state index contributed by atoms with van der Waals surface area (Å²) < 4.78 is 6.82. The van der Waals surface area contributed by atoms with Crippen LogP contribution in [0.5, 0.6) is 0 Å². The van der Waals surface area contributed by atoms with Crippen LogP contribution >= 0.6 is 0 Å². The highest BCUT2D eigenvalue weighted by atomic mass is 16.5. The van der Waals surface area contributed by atoms with Crippen molar-refractivity contribution in [2.24, 2.45) is 5.92 Å². The fourth-order valence-corrected chi connectivity index (χ4v) is 1.88. The molecule has 16 heavy (non-hydrogen) atoms. The number of ether oxygens (including phenoxy) is 1. The van der Waals surface area contributed by atoms with Crippen LogP contribution < -0.4 is 5.73 Å². The first kappa shape index (κ1) is 10.9. The number of hydrogen-bond donors (Lipinski definition) is 2. The molecule has 6 nitrogen and oxygen atoms in total. The van der Waals surface area contributed by atoms with Gasteiger partial charge in [-0.2, -0.15) is 5.10 Å². The van der Waals surface area contributed by atoms with Gasteiger partial charge in [-0.1, -0.05) is 0 Å². The van der Waals surface area contributed by atoms with Crippen molar-refractivity contribution in [2.45, 2.75) is 19.4 Å². The summed E-state index contributed by atoms with van der Waals surface area (Å²) in [7, 11) is 0. The van der Waals surface area contributed by atoms with Gasteiger partial charge in [-0.3, -0.25) is 0 Å². The van der Waals surface area contributed by atoms with E-state index in [4.69, 9.17) is 15.6 Å². The SMILES string of the molecule is Nc1c(C(=O)O)cnn1CC1CCOCC1. The highest BCUT2D eigenvalue weighted by molar-refractivity contribution is 5.92. The molecule has 0 atom stereocenters. The number of nitrogens with two attached hydrogens (primary N) is 1. The second-order valence-corrected chi connectivity index (χ2v) is 3.99. The Morgan fingerprint density at radius 2 is 2.31 bits per heavy atom. The Balaban J connectivity index is 2.06. The van der Waals surface area contributed by atoms with Crippen LogP contribution in [-0.4, -0.2) is 34.1 Å². The maximum absolute atomic E-state index is 10.8. The van der Waals surface area contributed by atoms with E-state index >= 15 is 0 Å². The molecule has 0 spiro atoms. The Hall–Kier alpha value is -1.56. The van der Waals surface area contributed by atoms with Gasteiger partial charge >= 0.3 is 5.97 Å². The van der Waals surface area contributed by atoms with Crippen molar-refractivity contribution in [2.75, 3.05) is 18.9 Å². The molecule has 2 rings (SSSR count). The van der Waals surface area contributed by atoms with Crippen molar-refractivity contribution in [3.63, 3.8) is 0 Å². The number of rotatable bonds is 3.